The van der Waals surface area contributed by atoms with Crippen LogP contribution in [0.4, 0.5) is 14.9 Å². The molecule has 0 saturated carbocycles. The molecule has 0 saturated heterocycles. The Morgan fingerprint density at radius 2 is 1.97 bits per heavy atom. The number of phenolic OH excluding ortho intramolecular Hbond substituents is 1. The highest BCUT2D eigenvalue weighted by atomic mass is 19.1. The number of hydrazone groups is 1. The molecule has 2 amide bonds. The summed E-state index contributed by atoms with van der Waals surface area (Å²) in [6.07, 6.45) is 4.69. The SMILES string of the molecule is O=C(N/N=C/c1ccc(O)cc1)Nc1ccc(Oc2ccnc3[nH]ccc23)c(F)c1. The van der Waals surface area contributed by atoms with Gasteiger partial charge in [0.1, 0.15) is 17.1 Å². The van der Waals surface area contributed by atoms with Gasteiger partial charge in [-0.05, 0) is 54.1 Å². The number of carbonyl (C=O) groups excluding carboxylic acids is 1. The molecule has 4 rings (SSSR count). The van der Waals surface area contributed by atoms with Crippen molar-refractivity contribution in [1.29, 1.82) is 0 Å². The van der Waals surface area contributed by atoms with E-state index in [4.69, 9.17) is 4.74 Å². The van der Waals surface area contributed by atoms with Crippen molar-refractivity contribution >= 4 is 29.0 Å². The van der Waals surface area contributed by atoms with Crippen molar-refractivity contribution < 1.29 is 19.0 Å². The molecule has 0 unspecified atom stereocenters. The molecular formula is C21H16FN5O3. The fourth-order valence-corrected chi connectivity index (χ4v) is 2.69. The number of rotatable bonds is 5. The van der Waals surface area contributed by atoms with Gasteiger partial charge in [-0.3, -0.25) is 0 Å². The van der Waals surface area contributed by atoms with Crippen LogP contribution in [0.15, 0.2) is 72.1 Å². The Labute approximate surface area is 170 Å². The number of aromatic hydroxyl groups is 1. The van der Waals surface area contributed by atoms with Crippen LogP contribution in [0.1, 0.15) is 5.56 Å². The van der Waals surface area contributed by atoms with E-state index >= 15 is 0 Å². The van der Waals surface area contributed by atoms with E-state index in [0.717, 1.165) is 11.5 Å². The normalized spacial score (nSPS) is 11.0. The third-order valence-corrected chi connectivity index (χ3v) is 4.10. The number of benzene rings is 2. The van der Waals surface area contributed by atoms with Crippen molar-refractivity contribution in [3.05, 3.63) is 78.4 Å². The molecule has 0 atom stereocenters. The van der Waals surface area contributed by atoms with Crippen LogP contribution in [0, 0.1) is 5.82 Å². The number of carbonyl (C=O) groups is 1. The molecular weight excluding hydrogens is 389 g/mol. The quantitative estimate of drug-likeness (QED) is 0.292. The predicted molar refractivity (Wildman–Crippen MR) is 110 cm³/mol. The molecule has 2 aromatic carbocycles. The highest BCUT2D eigenvalue weighted by molar-refractivity contribution is 5.90. The van der Waals surface area contributed by atoms with Gasteiger partial charge in [0, 0.05) is 24.1 Å². The number of nitrogens with one attached hydrogen (secondary N) is 3. The lowest BCUT2D eigenvalue weighted by molar-refractivity contribution is 0.252. The van der Waals surface area contributed by atoms with Crippen LogP contribution in [-0.2, 0) is 0 Å². The van der Waals surface area contributed by atoms with Gasteiger partial charge in [-0.15, -0.1) is 0 Å². The van der Waals surface area contributed by atoms with E-state index in [0.29, 0.717) is 17.0 Å². The Bertz CT molecular complexity index is 1220. The lowest BCUT2D eigenvalue weighted by Crippen LogP contribution is -2.24. The number of nitrogens with zero attached hydrogens (tertiary/aromatic N) is 2. The number of aromatic amines is 1. The number of anilines is 1. The molecule has 150 valence electrons. The molecule has 4 aromatic rings. The fourth-order valence-electron chi connectivity index (χ4n) is 2.69. The molecule has 9 heteroatoms. The Kier molecular flexibility index (Phi) is 5.25. The van der Waals surface area contributed by atoms with E-state index in [1.807, 2.05) is 0 Å². The molecule has 2 aromatic heterocycles. The van der Waals surface area contributed by atoms with Gasteiger partial charge in [-0.2, -0.15) is 5.10 Å². The van der Waals surface area contributed by atoms with Gasteiger partial charge < -0.3 is 20.1 Å². The lowest BCUT2D eigenvalue weighted by atomic mass is 10.2. The zero-order valence-corrected chi connectivity index (χ0v) is 15.5. The summed E-state index contributed by atoms with van der Waals surface area (Å²) in [7, 11) is 0. The molecule has 30 heavy (non-hydrogen) atoms. The zero-order chi connectivity index (χ0) is 20.9. The summed E-state index contributed by atoms with van der Waals surface area (Å²) in [5.41, 5.74) is 3.84. The maximum absolute atomic E-state index is 14.4. The molecule has 0 aliphatic rings. The third kappa shape index (κ3) is 4.36. The highest BCUT2D eigenvalue weighted by Gasteiger charge is 2.10. The summed E-state index contributed by atoms with van der Waals surface area (Å²) in [6, 6.07) is 13.1. The number of phenols is 1. The van der Waals surface area contributed by atoms with Gasteiger partial charge in [0.25, 0.3) is 0 Å². The van der Waals surface area contributed by atoms with E-state index < -0.39 is 11.8 Å². The summed E-state index contributed by atoms with van der Waals surface area (Å²) in [6.45, 7) is 0. The van der Waals surface area contributed by atoms with Gasteiger partial charge in [-0.1, -0.05) is 0 Å². The monoisotopic (exact) mass is 405 g/mol. The molecule has 2 heterocycles. The number of aromatic nitrogens is 2. The number of hydrogen-bond acceptors (Lipinski definition) is 5. The number of amides is 2. The largest absolute Gasteiger partial charge is 0.508 e. The second kappa shape index (κ2) is 8.31. The van der Waals surface area contributed by atoms with Gasteiger partial charge >= 0.3 is 6.03 Å². The van der Waals surface area contributed by atoms with Crippen LogP contribution in [0.5, 0.6) is 17.2 Å². The molecule has 0 aliphatic carbocycles. The van der Waals surface area contributed by atoms with Crippen LogP contribution in [0.25, 0.3) is 11.0 Å². The summed E-state index contributed by atoms with van der Waals surface area (Å²) in [5.74, 6) is -0.0307. The molecule has 0 fully saturated rings. The summed E-state index contributed by atoms with van der Waals surface area (Å²) >= 11 is 0. The number of halogens is 1. The Balaban J connectivity index is 1.38. The molecule has 0 bridgehead atoms. The minimum absolute atomic E-state index is 0.0139. The molecule has 0 spiro atoms. The number of urea groups is 1. The first-order valence-corrected chi connectivity index (χ1v) is 8.87. The number of pyridine rings is 1. The Hall–Kier alpha value is -4.40. The predicted octanol–water partition coefficient (Wildman–Crippen LogP) is 4.36. The van der Waals surface area contributed by atoms with Crippen LogP contribution in [-0.4, -0.2) is 27.3 Å². The second-order valence-electron chi connectivity index (χ2n) is 6.21. The van der Waals surface area contributed by atoms with Gasteiger partial charge in [0.15, 0.2) is 11.6 Å². The molecule has 8 nitrogen and oxygen atoms in total. The van der Waals surface area contributed by atoms with Gasteiger partial charge in [-0.25, -0.2) is 19.6 Å². The van der Waals surface area contributed by atoms with Crippen molar-refractivity contribution in [1.82, 2.24) is 15.4 Å². The minimum Gasteiger partial charge on any atom is -0.508 e. The number of H-pyrrole nitrogens is 1. The van der Waals surface area contributed by atoms with E-state index in [1.165, 1.54) is 30.5 Å². The van der Waals surface area contributed by atoms with Crippen molar-refractivity contribution in [2.45, 2.75) is 0 Å². The van der Waals surface area contributed by atoms with Crippen molar-refractivity contribution in [3.63, 3.8) is 0 Å². The van der Waals surface area contributed by atoms with Gasteiger partial charge in [0.05, 0.1) is 11.6 Å². The van der Waals surface area contributed by atoms with E-state index in [2.05, 4.69) is 25.8 Å². The van der Waals surface area contributed by atoms with Crippen LogP contribution < -0.4 is 15.5 Å². The van der Waals surface area contributed by atoms with E-state index in [1.54, 1.807) is 36.7 Å². The molecule has 0 radical (unpaired) electrons. The topological polar surface area (TPSA) is 112 Å². The number of hydrogen-bond donors (Lipinski definition) is 4. The molecule has 0 aliphatic heterocycles. The number of fused-ring (bicyclic) bond motifs is 1. The van der Waals surface area contributed by atoms with E-state index in [-0.39, 0.29) is 17.2 Å². The minimum atomic E-state index is -0.638. The standard InChI is InChI=1S/C21H16FN5O3/c22-17-11-14(26-21(29)27-25-12-13-1-4-15(28)5-2-13)3-6-19(17)30-18-8-10-24-20-16(18)7-9-23-20/h1-12,28H,(H,23,24)(H2,26,27,29)/b25-12+. The zero-order valence-electron chi connectivity index (χ0n) is 15.5. The maximum atomic E-state index is 14.4. The Morgan fingerprint density at radius 1 is 1.13 bits per heavy atom. The van der Waals surface area contributed by atoms with Crippen LogP contribution in [0.2, 0.25) is 0 Å². The van der Waals surface area contributed by atoms with E-state index in [9.17, 15) is 14.3 Å². The summed E-state index contributed by atoms with van der Waals surface area (Å²) in [5, 5.41) is 16.2. The average molecular weight is 405 g/mol. The van der Waals surface area contributed by atoms with Crippen molar-refractivity contribution in [3.8, 4) is 17.2 Å². The van der Waals surface area contributed by atoms with Crippen molar-refractivity contribution in [2.75, 3.05) is 5.32 Å². The summed E-state index contributed by atoms with van der Waals surface area (Å²) < 4.78 is 20.1. The second-order valence-corrected chi connectivity index (χ2v) is 6.21. The average Bonchev–Trinajstić information content (AvgIpc) is 3.21. The smallest absolute Gasteiger partial charge is 0.339 e. The number of ether oxygens (including phenoxy) is 1. The van der Waals surface area contributed by atoms with Crippen molar-refractivity contribution in [2.24, 2.45) is 5.10 Å². The van der Waals surface area contributed by atoms with Gasteiger partial charge in [0.2, 0.25) is 0 Å². The molecule has 4 N–H and O–H groups in total. The third-order valence-electron chi connectivity index (χ3n) is 4.10. The summed E-state index contributed by atoms with van der Waals surface area (Å²) in [4.78, 5) is 19.0. The first-order chi connectivity index (χ1) is 14.6. The first kappa shape index (κ1) is 18.9. The Morgan fingerprint density at radius 3 is 2.77 bits per heavy atom. The van der Waals surface area contributed by atoms with Crippen LogP contribution in [0.3, 0.4) is 0 Å². The fraction of sp³-hybridized carbons (Fsp3) is 0. The first-order valence-electron chi connectivity index (χ1n) is 8.87. The lowest BCUT2D eigenvalue weighted by Gasteiger charge is -2.10. The van der Waals surface area contributed by atoms with Crippen LogP contribution >= 0.6 is 0 Å². The maximum Gasteiger partial charge on any atom is 0.339 e. The highest BCUT2D eigenvalue weighted by Crippen LogP contribution is 2.31.